The molecule has 0 N–H and O–H groups in total. The van der Waals surface area contributed by atoms with Gasteiger partial charge in [-0.25, -0.2) is 0 Å². The molecule has 1 rings (SSSR count). The summed E-state index contributed by atoms with van der Waals surface area (Å²) in [6, 6.07) is 7.44. The highest BCUT2D eigenvalue weighted by Gasteiger charge is 1.88. The molecule has 3 heteroatoms. The van der Waals surface area contributed by atoms with Crippen molar-refractivity contribution in [3.8, 4) is 0 Å². The van der Waals surface area contributed by atoms with Crippen molar-refractivity contribution >= 4 is 20.5 Å². The van der Waals surface area contributed by atoms with Crippen LogP contribution in [0.1, 0.15) is 5.56 Å². The molecule has 1 atom stereocenters. The van der Waals surface area contributed by atoms with Crippen molar-refractivity contribution < 1.29 is 4.21 Å². The highest BCUT2D eigenvalue weighted by molar-refractivity contribution is 8.21. The van der Waals surface area contributed by atoms with Crippen LogP contribution < -0.4 is 0 Å². The summed E-state index contributed by atoms with van der Waals surface area (Å²) in [6.07, 6.45) is 0. The van der Waals surface area contributed by atoms with Crippen LogP contribution in [0.4, 0.5) is 0 Å². The Morgan fingerprint density at radius 2 is 1.80 bits per heavy atom. The topological polar surface area (TPSA) is 17.1 Å². The SMILES string of the molecule is Cc1ccc([SH](=O)=S)cc1. The van der Waals surface area contributed by atoms with E-state index in [1.165, 1.54) is 0 Å². The van der Waals surface area contributed by atoms with E-state index < -0.39 is 9.36 Å². The third-order valence-electron chi connectivity index (χ3n) is 1.24. The van der Waals surface area contributed by atoms with E-state index in [9.17, 15) is 4.21 Å². The summed E-state index contributed by atoms with van der Waals surface area (Å²) in [5.74, 6) is 0. The zero-order valence-electron chi connectivity index (χ0n) is 5.57. The summed E-state index contributed by atoms with van der Waals surface area (Å²) < 4.78 is 10.7. The van der Waals surface area contributed by atoms with Crippen LogP contribution in [0.15, 0.2) is 29.2 Å². The van der Waals surface area contributed by atoms with Crippen LogP contribution in [-0.4, -0.2) is 4.21 Å². The molecular formula is C7H8OS2. The fraction of sp³-hybridized carbons (Fsp3) is 0.143. The summed E-state index contributed by atoms with van der Waals surface area (Å²) in [4.78, 5) is 0.746. The quantitative estimate of drug-likeness (QED) is 0.643. The molecule has 0 amide bonds. The molecule has 0 spiro atoms. The minimum absolute atomic E-state index is 0.746. The first-order chi connectivity index (χ1) is 4.70. The lowest BCUT2D eigenvalue weighted by Crippen LogP contribution is -1.77. The first-order valence-electron chi connectivity index (χ1n) is 2.91. The fourth-order valence-electron chi connectivity index (χ4n) is 0.666. The molecule has 54 valence electrons. The van der Waals surface area contributed by atoms with Crippen molar-refractivity contribution in [2.24, 2.45) is 0 Å². The number of thiol groups is 1. The molecule has 0 aliphatic carbocycles. The van der Waals surface area contributed by atoms with Gasteiger partial charge in [0.15, 0.2) is 0 Å². The zero-order valence-corrected chi connectivity index (χ0v) is 7.28. The van der Waals surface area contributed by atoms with E-state index in [1.807, 2.05) is 19.1 Å². The van der Waals surface area contributed by atoms with Gasteiger partial charge in [-0.15, -0.1) is 0 Å². The minimum atomic E-state index is -1.57. The Morgan fingerprint density at radius 1 is 1.30 bits per heavy atom. The molecule has 0 saturated heterocycles. The van der Waals surface area contributed by atoms with E-state index in [1.54, 1.807) is 12.1 Å². The Bertz CT molecular complexity index is 277. The zero-order chi connectivity index (χ0) is 7.56. The lowest BCUT2D eigenvalue weighted by Gasteiger charge is -1.91. The molecule has 0 bridgehead atoms. The maximum absolute atomic E-state index is 10.7. The Labute approximate surface area is 66.8 Å². The maximum atomic E-state index is 10.7. The van der Waals surface area contributed by atoms with E-state index in [0.29, 0.717) is 0 Å². The van der Waals surface area contributed by atoms with Gasteiger partial charge in [0.2, 0.25) is 0 Å². The van der Waals surface area contributed by atoms with Crippen molar-refractivity contribution in [3.63, 3.8) is 0 Å². The van der Waals surface area contributed by atoms with Gasteiger partial charge in [0.25, 0.3) is 0 Å². The van der Waals surface area contributed by atoms with Gasteiger partial charge in [0, 0.05) is 14.3 Å². The molecule has 1 aromatic carbocycles. The largest absolute Gasteiger partial charge is 0.255 e. The molecule has 0 aromatic heterocycles. The summed E-state index contributed by atoms with van der Waals surface area (Å²) >= 11 is 4.60. The van der Waals surface area contributed by atoms with Gasteiger partial charge in [-0.1, -0.05) is 17.7 Å². The number of benzene rings is 1. The van der Waals surface area contributed by atoms with Gasteiger partial charge in [-0.3, -0.25) is 4.21 Å². The van der Waals surface area contributed by atoms with Crippen LogP contribution in [-0.2, 0) is 20.5 Å². The van der Waals surface area contributed by atoms with Gasteiger partial charge in [0.1, 0.15) is 0 Å². The summed E-state index contributed by atoms with van der Waals surface area (Å²) in [6.45, 7) is 1.99. The molecule has 0 aliphatic rings. The Kier molecular flexibility index (Phi) is 2.40. The maximum Gasteiger partial charge on any atom is 0.0480 e. The third kappa shape index (κ3) is 1.78. The van der Waals surface area contributed by atoms with Crippen molar-refractivity contribution in [2.75, 3.05) is 0 Å². The normalized spacial score (nSPS) is 12.9. The highest BCUT2D eigenvalue weighted by atomic mass is 32.8. The number of aryl methyl sites for hydroxylation is 1. The Hall–Kier alpha value is -0.410. The van der Waals surface area contributed by atoms with Crippen molar-refractivity contribution in [1.29, 1.82) is 0 Å². The molecule has 0 radical (unpaired) electrons. The van der Waals surface area contributed by atoms with E-state index in [2.05, 4.69) is 11.2 Å². The predicted molar refractivity (Wildman–Crippen MR) is 46.3 cm³/mol. The third-order valence-corrected chi connectivity index (χ3v) is 2.60. The Balaban J connectivity index is 3.12. The molecule has 10 heavy (non-hydrogen) atoms. The predicted octanol–water partition coefficient (Wildman–Crippen LogP) is 1.30. The van der Waals surface area contributed by atoms with E-state index in [-0.39, 0.29) is 0 Å². The molecule has 1 nitrogen and oxygen atoms in total. The van der Waals surface area contributed by atoms with Crippen LogP contribution >= 0.6 is 0 Å². The summed E-state index contributed by atoms with van der Waals surface area (Å²) in [7, 11) is -1.57. The van der Waals surface area contributed by atoms with Gasteiger partial charge < -0.3 is 0 Å². The second-order valence-electron chi connectivity index (χ2n) is 2.09. The van der Waals surface area contributed by atoms with Crippen molar-refractivity contribution in [1.82, 2.24) is 0 Å². The van der Waals surface area contributed by atoms with Crippen LogP contribution in [0.25, 0.3) is 0 Å². The number of rotatable bonds is 1. The summed E-state index contributed by atoms with van der Waals surface area (Å²) in [5, 5.41) is 0. The molecular weight excluding hydrogens is 164 g/mol. The molecule has 1 unspecified atom stereocenters. The monoisotopic (exact) mass is 172 g/mol. The fourth-order valence-corrected chi connectivity index (χ4v) is 1.42. The molecule has 0 aliphatic heterocycles. The van der Waals surface area contributed by atoms with E-state index in [0.717, 1.165) is 10.5 Å². The lowest BCUT2D eigenvalue weighted by molar-refractivity contribution is 0.693. The van der Waals surface area contributed by atoms with E-state index >= 15 is 0 Å². The smallest absolute Gasteiger partial charge is 0.0480 e. The van der Waals surface area contributed by atoms with Crippen LogP contribution in [0, 0.1) is 6.92 Å². The summed E-state index contributed by atoms with van der Waals surface area (Å²) in [5.41, 5.74) is 1.16. The second-order valence-corrected chi connectivity index (χ2v) is 4.12. The van der Waals surface area contributed by atoms with E-state index in [4.69, 9.17) is 0 Å². The van der Waals surface area contributed by atoms with Crippen LogP contribution in [0.3, 0.4) is 0 Å². The van der Waals surface area contributed by atoms with Gasteiger partial charge in [-0.2, -0.15) is 0 Å². The standard InChI is InChI=1S/C7H8OS2/c1-6-2-4-7(5-3-6)10(8)9/h2-5,10H,1H3. The molecule has 0 heterocycles. The molecule has 1 aromatic rings. The van der Waals surface area contributed by atoms with Crippen LogP contribution in [0.2, 0.25) is 0 Å². The number of hydrogen-bond donors (Lipinski definition) is 1. The molecule has 0 fully saturated rings. The highest BCUT2D eigenvalue weighted by Crippen LogP contribution is 2.03. The Morgan fingerprint density at radius 3 is 2.20 bits per heavy atom. The minimum Gasteiger partial charge on any atom is -0.255 e. The van der Waals surface area contributed by atoms with Crippen molar-refractivity contribution in [2.45, 2.75) is 11.8 Å². The first kappa shape index (κ1) is 7.69. The first-order valence-corrected chi connectivity index (χ1v) is 5.18. The molecule has 0 saturated carbocycles. The van der Waals surface area contributed by atoms with Crippen LogP contribution in [0.5, 0.6) is 0 Å². The second kappa shape index (κ2) is 3.12. The van der Waals surface area contributed by atoms with Gasteiger partial charge >= 0.3 is 0 Å². The van der Waals surface area contributed by atoms with Gasteiger partial charge in [-0.05, 0) is 30.2 Å². The number of hydrogen-bond acceptors (Lipinski definition) is 2. The van der Waals surface area contributed by atoms with Gasteiger partial charge in [0.05, 0.1) is 0 Å². The van der Waals surface area contributed by atoms with Crippen molar-refractivity contribution in [3.05, 3.63) is 29.8 Å². The average molecular weight is 172 g/mol. The lowest BCUT2D eigenvalue weighted by atomic mass is 10.2. The average Bonchev–Trinajstić information content (AvgIpc) is 1.88.